The van der Waals surface area contributed by atoms with Crippen LogP contribution in [0.5, 0.6) is 0 Å². The lowest BCUT2D eigenvalue weighted by molar-refractivity contribution is 0.0672. The van der Waals surface area contributed by atoms with Gasteiger partial charge in [0.25, 0.3) is 0 Å². The predicted molar refractivity (Wildman–Crippen MR) is 131 cm³/mol. The van der Waals surface area contributed by atoms with E-state index in [9.17, 15) is 13.9 Å². The maximum Gasteiger partial charge on any atom is 0.220 e. The highest BCUT2D eigenvalue weighted by Crippen LogP contribution is 2.36. The molecule has 2 aromatic heterocycles. The van der Waals surface area contributed by atoms with E-state index < -0.39 is 17.2 Å². The third-order valence-electron chi connectivity index (χ3n) is 6.20. The first-order valence-electron chi connectivity index (χ1n) is 11.1. The van der Waals surface area contributed by atoms with Crippen molar-refractivity contribution in [3.63, 3.8) is 0 Å². The lowest BCUT2D eigenvalue weighted by atomic mass is 9.85. The summed E-state index contributed by atoms with van der Waals surface area (Å²) in [6.07, 6.45) is 5.78. The first kappa shape index (κ1) is 24.2. The molecule has 0 amide bonds. The third-order valence-corrected chi connectivity index (χ3v) is 6.20. The molecule has 0 bridgehead atoms. The van der Waals surface area contributed by atoms with Crippen LogP contribution >= 0.6 is 0 Å². The Labute approximate surface area is 201 Å². The van der Waals surface area contributed by atoms with Gasteiger partial charge in [0, 0.05) is 49.5 Å². The number of rotatable bonds is 6. The van der Waals surface area contributed by atoms with Crippen LogP contribution in [-0.4, -0.2) is 44.3 Å². The van der Waals surface area contributed by atoms with Gasteiger partial charge in [0.05, 0.1) is 17.6 Å². The molecule has 0 fully saturated rings. The number of aliphatic imine (C=N–C) groups is 1. The van der Waals surface area contributed by atoms with Crippen molar-refractivity contribution in [1.82, 2.24) is 25.1 Å². The molecule has 0 spiro atoms. The van der Waals surface area contributed by atoms with Crippen LogP contribution in [0.4, 0.5) is 14.7 Å². The van der Waals surface area contributed by atoms with Gasteiger partial charge >= 0.3 is 0 Å². The Morgan fingerprint density at radius 3 is 2.80 bits per heavy atom. The number of aliphatic hydroxyl groups is 1. The number of hydrogen-bond donors (Lipinski definition) is 3. The number of amidine groups is 1. The molecule has 0 radical (unpaired) electrons. The number of aromatic nitrogens is 4. The fourth-order valence-electron chi connectivity index (χ4n) is 4.23. The van der Waals surface area contributed by atoms with E-state index in [0.717, 1.165) is 11.6 Å². The Hall–Kier alpha value is -3.92. The van der Waals surface area contributed by atoms with Crippen LogP contribution in [0.2, 0.25) is 0 Å². The van der Waals surface area contributed by atoms with Crippen LogP contribution in [0.15, 0.2) is 59.9 Å². The van der Waals surface area contributed by atoms with Crippen molar-refractivity contribution in [3.05, 3.63) is 89.0 Å². The summed E-state index contributed by atoms with van der Waals surface area (Å²) in [6, 6.07) is 5.14. The van der Waals surface area contributed by atoms with E-state index >= 15 is 0 Å². The molecule has 4 rings (SSSR count). The van der Waals surface area contributed by atoms with E-state index in [1.807, 2.05) is 19.3 Å². The molecule has 10 heteroatoms. The molecule has 35 heavy (non-hydrogen) atoms. The van der Waals surface area contributed by atoms with Gasteiger partial charge in [-0.15, -0.1) is 0 Å². The number of hydrogen-bond acceptors (Lipinski definition) is 6. The number of aryl methyl sites for hydroxylation is 1. The number of nitrogen functional groups attached to an aromatic ring is 1. The van der Waals surface area contributed by atoms with E-state index in [4.69, 9.17) is 5.73 Å². The minimum absolute atomic E-state index is 0.00793. The van der Waals surface area contributed by atoms with Gasteiger partial charge in [-0.05, 0) is 24.1 Å². The van der Waals surface area contributed by atoms with Crippen LogP contribution in [0.1, 0.15) is 41.8 Å². The van der Waals surface area contributed by atoms with Crippen LogP contribution in [0.3, 0.4) is 0 Å². The van der Waals surface area contributed by atoms with Gasteiger partial charge in [-0.2, -0.15) is 5.10 Å². The smallest absolute Gasteiger partial charge is 0.220 e. The molecule has 1 aliphatic heterocycles. The molecular formula is C25H27F2N7O. The zero-order chi connectivity index (χ0) is 25.3. The van der Waals surface area contributed by atoms with Crippen molar-refractivity contribution in [3.8, 4) is 0 Å². The van der Waals surface area contributed by atoms with Crippen molar-refractivity contribution in [2.24, 2.45) is 12.0 Å². The number of benzene rings is 1. The van der Waals surface area contributed by atoms with Gasteiger partial charge in [0.15, 0.2) is 11.6 Å². The molecule has 4 N–H and O–H groups in total. The summed E-state index contributed by atoms with van der Waals surface area (Å²) in [5, 5.41) is 19.0. The summed E-state index contributed by atoms with van der Waals surface area (Å²) < 4.78 is 30.3. The summed E-state index contributed by atoms with van der Waals surface area (Å²) in [4.78, 5) is 12.8. The predicted octanol–water partition coefficient (Wildman–Crippen LogP) is 3.07. The first-order valence-corrected chi connectivity index (χ1v) is 11.1. The van der Waals surface area contributed by atoms with E-state index in [1.54, 1.807) is 24.9 Å². The van der Waals surface area contributed by atoms with Crippen molar-refractivity contribution >= 4 is 17.4 Å². The van der Waals surface area contributed by atoms with Gasteiger partial charge < -0.3 is 16.2 Å². The Bertz CT molecular complexity index is 1350. The minimum Gasteiger partial charge on any atom is -0.379 e. The largest absolute Gasteiger partial charge is 0.379 e. The fourth-order valence-corrected chi connectivity index (χ4v) is 4.23. The molecule has 3 aromatic rings. The lowest BCUT2D eigenvalue weighted by Gasteiger charge is -2.28. The van der Waals surface area contributed by atoms with Crippen LogP contribution in [0, 0.1) is 11.6 Å². The molecule has 0 aliphatic carbocycles. The second kappa shape index (κ2) is 9.38. The standard InChI is InChI=1S/C25H27F2N7O/c1-5-25(35,18-7-6-8-19(26)22(18)27)21-10-20(32-24(28)33-21)14(2)17-9-15(11-30-23(17)29-3)16-12-31-34(4)13-16/h6-10,12-13,15,35H,2,5,11H2,1,3-4H3,(H,29,30)(H2,28,32,33). The van der Waals surface area contributed by atoms with Gasteiger partial charge in [0.1, 0.15) is 11.4 Å². The molecule has 0 saturated heterocycles. The summed E-state index contributed by atoms with van der Waals surface area (Å²) >= 11 is 0. The number of anilines is 1. The van der Waals surface area contributed by atoms with Gasteiger partial charge in [-0.25, -0.2) is 18.7 Å². The average Bonchev–Trinajstić information content (AvgIpc) is 3.30. The number of halogens is 2. The van der Waals surface area contributed by atoms with Crippen molar-refractivity contribution in [2.45, 2.75) is 24.9 Å². The van der Waals surface area contributed by atoms with Gasteiger partial charge in [-0.1, -0.05) is 31.7 Å². The zero-order valence-electron chi connectivity index (χ0n) is 19.8. The Morgan fingerprint density at radius 1 is 1.37 bits per heavy atom. The maximum absolute atomic E-state index is 14.7. The quantitative estimate of drug-likeness (QED) is 0.501. The minimum atomic E-state index is -1.93. The summed E-state index contributed by atoms with van der Waals surface area (Å²) in [5.41, 5.74) is 6.40. The Balaban J connectivity index is 1.79. The van der Waals surface area contributed by atoms with Crippen molar-refractivity contribution < 1.29 is 13.9 Å². The second-order valence-electron chi connectivity index (χ2n) is 8.38. The van der Waals surface area contributed by atoms with Crippen LogP contribution in [-0.2, 0) is 12.6 Å². The van der Waals surface area contributed by atoms with E-state index in [2.05, 4.69) is 32.0 Å². The Morgan fingerprint density at radius 2 is 2.14 bits per heavy atom. The van der Waals surface area contributed by atoms with E-state index in [0.29, 0.717) is 29.2 Å². The number of nitrogens with two attached hydrogens (primary N) is 1. The number of nitrogens with zero attached hydrogens (tertiary/aromatic N) is 5. The summed E-state index contributed by atoms with van der Waals surface area (Å²) in [7, 11) is 3.51. The number of nitrogens with one attached hydrogen (secondary N) is 1. The highest BCUT2D eigenvalue weighted by molar-refractivity contribution is 6.12. The summed E-state index contributed by atoms with van der Waals surface area (Å²) in [5.74, 6) is -1.71. The second-order valence-corrected chi connectivity index (χ2v) is 8.38. The summed E-state index contributed by atoms with van der Waals surface area (Å²) in [6.45, 7) is 6.47. The highest BCUT2D eigenvalue weighted by Gasteiger charge is 2.36. The SMILES string of the molecule is C=C(C1=CC(c2cnn(C)c2)CNC1=NC)c1cc(C(O)(CC)c2cccc(F)c2F)nc(N)n1. The highest BCUT2D eigenvalue weighted by atomic mass is 19.2. The van der Waals surface area contributed by atoms with Crippen molar-refractivity contribution in [2.75, 3.05) is 19.3 Å². The molecule has 3 heterocycles. The van der Waals surface area contributed by atoms with Crippen LogP contribution < -0.4 is 11.1 Å². The zero-order valence-corrected chi connectivity index (χ0v) is 19.8. The molecule has 2 unspecified atom stereocenters. The molecule has 2 atom stereocenters. The molecule has 182 valence electrons. The lowest BCUT2D eigenvalue weighted by Crippen LogP contribution is -2.34. The third kappa shape index (κ3) is 4.44. The molecular weight excluding hydrogens is 452 g/mol. The van der Waals surface area contributed by atoms with Crippen LogP contribution in [0.25, 0.3) is 5.57 Å². The molecule has 1 aliphatic rings. The molecule has 1 aromatic carbocycles. The maximum atomic E-state index is 14.7. The molecule has 0 saturated carbocycles. The fraction of sp³-hybridized carbons (Fsp3) is 0.280. The van der Waals surface area contributed by atoms with Crippen molar-refractivity contribution in [1.29, 1.82) is 0 Å². The van der Waals surface area contributed by atoms with Gasteiger partial charge in [-0.3, -0.25) is 9.67 Å². The first-order chi connectivity index (χ1) is 16.7. The van der Waals surface area contributed by atoms with E-state index in [-0.39, 0.29) is 29.5 Å². The normalized spacial score (nSPS) is 18.6. The monoisotopic (exact) mass is 479 g/mol. The average molecular weight is 480 g/mol. The molecule has 8 nitrogen and oxygen atoms in total. The topological polar surface area (TPSA) is 114 Å². The Kier molecular flexibility index (Phi) is 6.49. The van der Waals surface area contributed by atoms with E-state index in [1.165, 1.54) is 18.2 Å². The van der Waals surface area contributed by atoms with Gasteiger partial charge in [0.2, 0.25) is 5.95 Å².